The first-order valence-electron chi connectivity index (χ1n) is 8.68. The van der Waals surface area contributed by atoms with Gasteiger partial charge < -0.3 is 11.1 Å². The van der Waals surface area contributed by atoms with Gasteiger partial charge >= 0.3 is 0 Å². The lowest BCUT2D eigenvalue weighted by molar-refractivity contribution is 0.187. The van der Waals surface area contributed by atoms with Crippen LogP contribution in [0.2, 0.25) is 0 Å². The van der Waals surface area contributed by atoms with Gasteiger partial charge in [0.1, 0.15) is 0 Å². The van der Waals surface area contributed by atoms with Crippen molar-refractivity contribution in [2.24, 2.45) is 11.1 Å². The highest BCUT2D eigenvalue weighted by atomic mass is 14.9. The third-order valence-corrected chi connectivity index (χ3v) is 5.47. The van der Waals surface area contributed by atoms with E-state index in [9.17, 15) is 0 Å². The molecule has 0 bridgehead atoms. The van der Waals surface area contributed by atoms with Crippen molar-refractivity contribution in [2.45, 2.75) is 77.8 Å². The summed E-state index contributed by atoms with van der Waals surface area (Å²) in [5, 5.41) is 3.63. The van der Waals surface area contributed by atoms with Crippen molar-refractivity contribution < 1.29 is 0 Å². The lowest BCUT2D eigenvalue weighted by atomic mass is 9.71. The molecule has 3 N–H and O–H groups in total. The van der Waals surface area contributed by atoms with Crippen LogP contribution in [0, 0.1) is 5.41 Å². The van der Waals surface area contributed by atoms with Gasteiger partial charge in [-0.1, -0.05) is 13.0 Å². The minimum absolute atomic E-state index is 0.448. The number of benzene rings is 1. The second-order valence-electron chi connectivity index (χ2n) is 7.62. The Kier molecular flexibility index (Phi) is 4.00. The second kappa shape index (κ2) is 5.64. The molecular formula is C19H30N2. The Balaban J connectivity index is 1.85. The van der Waals surface area contributed by atoms with Crippen LogP contribution < -0.4 is 11.1 Å². The summed E-state index contributed by atoms with van der Waals surface area (Å²) in [5.74, 6) is 0. The number of hydrogen-bond acceptors (Lipinski definition) is 2. The third kappa shape index (κ3) is 2.96. The Bertz CT molecular complexity index is 511. The summed E-state index contributed by atoms with van der Waals surface area (Å²) in [5.41, 5.74) is 12.7. The van der Waals surface area contributed by atoms with Crippen molar-refractivity contribution in [1.29, 1.82) is 0 Å². The molecule has 3 rings (SSSR count). The maximum Gasteiger partial charge on any atom is 0.0377 e. The molecule has 0 amide bonds. The topological polar surface area (TPSA) is 38.0 Å². The molecule has 1 aromatic carbocycles. The van der Waals surface area contributed by atoms with E-state index in [0.29, 0.717) is 17.5 Å². The molecule has 0 aliphatic heterocycles. The third-order valence-electron chi connectivity index (χ3n) is 5.47. The molecule has 0 atom stereocenters. The largest absolute Gasteiger partial charge is 0.383 e. The Morgan fingerprint density at radius 1 is 1.19 bits per heavy atom. The lowest BCUT2D eigenvalue weighted by Crippen LogP contribution is -2.34. The lowest BCUT2D eigenvalue weighted by Gasteiger charge is -2.36. The Morgan fingerprint density at radius 3 is 2.38 bits per heavy atom. The zero-order chi connectivity index (χ0) is 15.0. The molecule has 1 aromatic rings. The van der Waals surface area contributed by atoms with E-state index < -0.39 is 0 Å². The van der Waals surface area contributed by atoms with Crippen LogP contribution in [0.15, 0.2) is 12.1 Å². The monoisotopic (exact) mass is 286 g/mol. The molecule has 0 saturated heterocycles. The van der Waals surface area contributed by atoms with Gasteiger partial charge in [-0.25, -0.2) is 0 Å². The van der Waals surface area contributed by atoms with E-state index in [4.69, 9.17) is 5.73 Å². The molecule has 0 radical (unpaired) electrons. The molecule has 2 nitrogen and oxygen atoms in total. The van der Waals surface area contributed by atoms with Gasteiger partial charge in [0.25, 0.3) is 0 Å². The molecule has 21 heavy (non-hydrogen) atoms. The predicted octanol–water partition coefficient (Wildman–Crippen LogP) is 4.06. The minimum atomic E-state index is 0.448. The highest BCUT2D eigenvalue weighted by molar-refractivity contribution is 5.58. The summed E-state index contributed by atoms with van der Waals surface area (Å²) in [6.45, 7) is 6.70. The number of hydrogen-bond donors (Lipinski definition) is 2. The van der Waals surface area contributed by atoms with Gasteiger partial charge in [-0.05, 0) is 87.0 Å². The molecule has 2 aliphatic carbocycles. The minimum Gasteiger partial charge on any atom is -0.383 e. The van der Waals surface area contributed by atoms with Gasteiger partial charge in [-0.2, -0.15) is 0 Å². The van der Waals surface area contributed by atoms with Crippen LogP contribution in [0.5, 0.6) is 0 Å². The summed E-state index contributed by atoms with van der Waals surface area (Å²) >= 11 is 0. The van der Waals surface area contributed by atoms with Gasteiger partial charge in [0.05, 0.1) is 0 Å². The number of nitrogens with one attached hydrogen (secondary N) is 1. The number of anilines is 1. The molecule has 116 valence electrons. The predicted molar refractivity (Wildman–Crippen MR) is 90.9 cm³/mol. The van der Waals surface area contributed by atoms with Gasteiger partial charge in [-0.15, -0.1) is 0 Å². The molecule has 1 spiro atoms. The first-order chi connectivity index (χ1) is 10.0. The Hall–Kier alpha value is -1.02. The molecule has 2 aliphatic rings. The van der Waals surface area contributed by atoms with Crippen molar-refractivity contribution in [1.82, 2.24) is 0 Å². The van der Waals surface area contributed by atoms with Crippen LogP contribution in [0.3, 0.4) is 0 Å². The molecule has 0 aromatic heterocycles. The van der Waals surface area contributed by atoms with Crippen LogP contribution in [0.25, 0.3) is 0 Å². The summed E-state index contributed by atoms with van der Waals surface area (Å²) in [4.78, 5) is 0. The van der Waals surface area contributed by atoms with Crippen LogP contribution in [0.4, 0.5) is 5.69 Å². The van der Waals surface area contributed by atoms with Crippen molar-refractivity contribution in [3.05, 3.63) is 28.8 Å². The zero-order valence-corrected chi connectivity index (χ0v) is 13.8. The average molecular weight is 286 g/mol. The second-order valence-corrected chi connectivity index (χ2v) is 7.62. The molecular weight excluding hydrogens is 256 g/mol. The first-order valence-corrected chi connectivity index (χ1v) is 8.68. The molecule has 1 fully saturated rings. The van der Waals surface area contributed by atoms with Crippen molar-refractivity contribution in [3.8, 4) is 0 Å². The molecule has 0 heterocycles. The van der Waals surface area contributed by atoms with E-state index in [1.165, 1.54) is 49.8 Å². The van der Waals surface area contributed by atoms with Gasteiger partial charge in [0.15, 0.2) is 0 Å². The van der Waals surface area contributed by atoms with Gasteiger partial charge in [0, 0.05) is 17.8 Å². The van der Waals surface area contributed by atoms with Crippen molar-refractivity contribution >= 4 is 5.69 Å². The Labute approximate surface area is 129 Å². The van der Waals surface area contributed by atoms with Crippen LogP contribution in [0.1, 0.15) is 63.1 Å². The fraction of sp³-hybridized carbons (Fsp3) is 0.684. The quantitative estimate of drug-likeness (QED) is 0.879. The smallest absolute Gasteiger partial charge is 0.0377 e. The van der Waals surface area contributed by atoms with Gasteiger partial charge in [-0.3, -0.25) is 0 Å². The molecule has 1 saturated carbocycles. The summed E-state index contributed by atoms with van der Waals surface area (Å²) in [6.07, 6.45) is 8.72. The van der Waals surface area contributed by atoms with E-state index in [1.807, 2.05) is 0 Å². The zero-order valence-electron chi connectivity index (χ0n) is 13.8. The average Bonchev–Trinajstić information content (AvgIpc) is 2.78. The number of fused-ring (bicyclic) bond motifs is 1. The molecule has 0 unspecified atom stereocenters. The molecule has 2 heteroatoms. The van der Waals surface area contributed by atoms with E-state index in [1.54, 1.807) is 11.1 Å². The van der Waals surface area contributed by atoms with E-state index in [0.717, 1.165) is 6.42 Å². The normalized spacial score (nSPS) is 28.1. The first kappa shape index (κ1) is 14.9. The maximum absolute atomic E-state index is 6.11. The Morgan fingerprint density at radius 2 is 1.81 bits per heavy atom. The van der Waals surface area contributed by atoms with E-state index in [-0.39, 0.29) is 0 Å². The summed E-state index contributed by atoms with van der Waals surface area (Å²) in [6, 6.07) is 5.86. The van der Waals surface area contributed by atoms with Crippen molar-refractivity contribution in [2.75, 3.05) is 5.32 Å². The van der Waals surface area contributed by atoms with Gasteiger partial charge in [0.2, 0.25) is 0 Å². The maximum atomic E-state index is 6.11. The van der Waals surface area contributed by atoms with Crippen LogP contribution in [-0.4, -0.2) is 12.1 Å². The fourth-order valence-corrected chi connectivity index (χ4v) is 4.28. The highest BCUT2D eigenvalue weighted by Crippen LogP contribution is 2.48. The summed E-state index contributed by atoms with van der Waals surface area (Å²) < 4.78 is 0. The number of nitrogens with two attached hydrogens (primary N) is 1. The van der Waals surface area contributed by atoms with E-state index >= 15 is 0 Å². The number of aryl methyl sites for hydroxylation is 1. The standard InChI is InChI=1S/C19H30N2/c1-4-14-9-15-11-19(7-5-17(20)6-8-19)12-16(15)10-18(14)21-13(2)3/h9-10,13,17,21H,4-8,11-12,20H2,1-3H3. The van der Waals surface area contributed by atoms with Crippen LogP contribution >= 0.6 is 0 Å². The van der Waals surface area contributed by atoms with E-state index in [2.05, 4.69) is 38.2 Å². The van der Waals surface area contributed by atoms with Crippen molar-refractivity contribution in [3.63, 3.8) is 0 Å². The SMILES string of the molecule is CCc1cc2c(cc1NC(C)C)CC1(CCC(N)CC1)C2. The highest BCUT2D eigenvalue weighted by Gasteiger charge is 2.39. The fourth-order valence-electron chi connectivity index (χ4n) is 4.28. The number of rotatable bonds is 3. The van der Waals surface area contributed by atoms with Crippen LogP contribution in [-0.2, 0) is 19.3 Å². The summed E-state index contributed by atoms with van der Waals surface area (Å²) in [7, 11) is 0.